The standard InChI is InChI=1S/C29H35N3O3S/c1-5-14-31(29(34)30-23-9-6-20(2)7-10-23)18-28(33)32-15-12-27-24(13-16-36-27)25(32)19-35-26-11-8-21(3)17-22(26)4/h6-11,13,16-17,25H,5,12,14-15,18-19H2,1-4H3,(H,30,34). The SMILES string of the molecule is CCCN(CC(=O)N1CCc2sccc2C1COc1ccc(C)cc1C)C(=O)Nc1ccc(C)cc1. The largest absolute Gasteiger partial charge is 0.491 e. The van der Waals surface area contributed by atoms with E-state index < -0.39 is 0 Å². The highest BCUT2D eigenvalue weighted by molar-refractivity contribution is 7.10. The highest BCUT2D eigenvalue weighted by Crippen LogP contribution is 2.34. The number of rotatable bonds is 8. The third-order valence-electron chi connectivity index (χ3n) is 6.55. The highest BCUT2D eigenvalue weighted by atomic mass is 32.1. The van der Waals surface area contributed by atoms with Crippen LogP contribution in [0.25, 0.3) is 0 Å². The molecule has 2 heterocycles. The van der Waals surface area contributed by atoms with E-state index in [1.807, 2.05) is 62.1 Å². The van der Waals surface area contributed by atoms with Crippen LogP contribution in [0.3, 0.4) is 0 Å². The number of carbonyl (C=O) groups excluding carboxylic acids is 2. The minimum absolute atomic E-state index is 0.0328. The van der Waals surface area contributed by atoms with E-state index >= 15 is 0 Å². The topological polar surface area (TPSA) is 61.9 Å². The van der Waals surface area contributed by atoms with Crippen molar-refractivity contribution in [2.45, 2.75) is 46.6 Å². The van der Waals surface area contributed by atoms with Crippen molar-refractivity contribution in [1.29, 1.82) is 0 Å². The molecule has 190 valence electrons. The van der Waals surface area contributed by atoms with Crippen LogP contribution in [0.15, 0.2) is 53.9 Å². The summed E-state index contributed by atoms with van der Waals surface area (Å²) >= 11 is 1.73. The molecule has 3 amide bonds. The average molecular weight is 506 g/mol. The van der Waals surface area contributed by atoms with Crippen molar-refractivity contribution in [2.24, 2.45) is 0 Å². The number of thiophene rings is 1. The van der Waals surface area contributed by atoms with Crippen molar-refractivity contribution >= 4 is 29.0 Å². The number of aryl methyl sites for hydroxylation is 3. The van der Waals surface area contributed by atoms with Crippen LogP contribution in [0.2, 0.25) is 0 Å². The molecule has 0 aliphatic carbocycles. The molecule has 6 nitrogen and oxygen atoms in total. The van der Waals surface area contributed by atoms with Gasteiger partial charge in [0.25, 0.3) is 0 Å². The van der Waals surface area contributed by atoms with Crippen LogP contribution in [-0.4, -0.2) is 48.0 Å². The van der Waals surface area contributed by atoms with Gasteiger partial charge in [-0.05, 0) is 74.4 Å². The monoisotopic (exact) mass is 505 g/mol. The Morgan fingerprint density at radius 2 is 1.83 bits per heavy atom. The summed E-state index contributed by atoms with van der Waals surface area (Å²) < 4.78 is 6.24. The summed E-state index contributed by atoms with van der Waals surface area (Å²) in [5.41, 5.74) is 5.27. The van der Waals surface area contributed by atoms with E-state index in [-0.39, 0.29) is 24.5 Å². The van der Waals surface area contributed by atoms with Gasteiger partial charge in [0.05, 0.1) is 6.04 Å². The molecule has 4 rings (SSSR count). The normalized spacial score (nSPS) is 14.8. The minimum atomic E-state index is -0.259. The van der Waals surface area contributed by atoms with E-state index in [2.05, 4.69) is 29.8 Å². The van der Waals surface area contributed by atoms with Crippen LogP contribution in [-0.2, 0) is 11.2 Å². The Morgan fingerprint density at radius 3 is 2.56 bits per heavy atom. The lowest BCUT2D eigenvalue weighted by Gasteiger charge is -2.37. The fourth-order valence-electron chi connectivity index (χ4n) is 4.62. The van der Waals surface area contributed by atoms with Crippen LogP contribution >= 0.6 is 11.3 Å². The van der Waals surface area contributed by atoms with Gasteiger partial charge in [-0.15, -0.1) is 11.3 Å². The Hall–Kier alpha value is -3.32. The van der Waals surface area contributed by atoms with Crippen LogP contribution in [0.4, 0.5) is 10.5 Å². The lowest BCUT2D eigenvalue weighted by Crippen LogP contribution is -2.48. The molecule has 1 aliphatic rings. The Bertz CT molecular complexity index is 1200. The maximum absolute atomic E-state index is 13.6. The molecule has 1 aliphatic heterocycles. The first-order valence-corrected chi connectivity index (χ1v) is 13.4. The Kier molecular flexibility index (Phi) is 8.31. The minimum Gasteiger partial charge on any atom is -0.491 e. The number of anilines is 1. The zero-order valence-corrected chi connectivity index (χ0v) is 22.4. The Morgan fingerprint density at radius 1 is 1.08 bits per heavy atom. The number of carbonyl (C=O) groups is 2. The summed E-state index contributed by atoms with van der Waals surface area (Å²) in [6.07, 6.45) is 1.59. The van der Waals surface area contributed by atoms with Gasteiger partial charge in [-0.1, -0.05) is 42.3 Å². The Balaban J connectivity index is 1.48. The quantitative estimate of drug-likeness (QED) is 0.401. The molecule has 0 bridgehead atoms. The number of hydrogen-bond donors (Lipinski definition) is 1. The smallest absolute Gasteiger partial charge is 0.322 e. The second kappa shape index (κ2) is 11.6. The van der Waals surface area contributed by atoms with Gasteiger partial charge in [0.2, 0.25) is 5.91 Å². The van der Waals surface area contributed by atoms with Gasteiger partial charge in [0.15, 0.2) is 0 Å². The average Bonchev–Trinajstić information content (AvgIpc) is 3.33. The van der Waals surface area contributed by atoms with Crippen LogP contribution in [0.5, 0.6) is 5.75 Å². The fraction of sp³-hybridized carbons (Fsp3) is 0.379. The first-order valence-electron chi connectivity index (χ1n) is 12.5. The first-order chi connectivity index (χ1) is 17.4. The lowest BCUT2D eigenvalue weighted by molar-refractivity contribution is -0.135. The predicted molar refractivity (Wildman–Crippen MR) is 146 cm³/mol. The molecule has 1 unspecified atom stereocenters. The molecule has 0 radical (unpaired) electrons. The van der Waals surface area contributed by atoms with Gasteiger partial charge < -0.3 is 19.9 Å². The first kappa shape index (κ1) is 25.8. The van der Waals surface area contributed by atoms with Crippen molar-refractivity contribution in [1.82, 2.24) is 9.80 Å². The van der Waals surface area contributed by atoms with Crippen molar-refractivity contribution in [2.75, 3.05) is 31.6 Å². The maximum Gasteiger partial charge on any atom is 0.322 e. The number of benzene rings is 2. The van der Waals surface area contributed by atoms with Crippen molar-refractivity contribution in [3.8, 4) is 5.75 Å². The molecule has 7 heteroatoms. The third kappa shape index (κ3) is 6.08. The van der Waals surface area contributed by atoms with Gasteiger partial charge in [0.1, 0.15) is 18.9 Å². The number of ether oxygens (including phenoxy) is 1. The number of fused-ring (bicyclic) bond motifs is 1. The number of amides is 3. The summed E-state index contributed by atoms with van der Waals surface area (Å²) in [5, 5.41) is 5.02. The van der Waals surface area contributed by atoms with Crippen molar-refractivity contribution in [3.05, 3.63) is 81.0 Å². The van der Waals surface area contributed by atoms with Gasteiger partial charge in [-0.25, -0.2) is 4.79 Å². The summed E-state index contributed by atoms with van der Waals surface area (Å²) in [5.74, 6) is 0.772. The molecule has 1 N–H and O–H groups in total. The van der Waals surface area contributed by atoms with Crippen LogP contribution in [0.1, 0.15) is 46.5 Å². The summed E-state index contributed by atoms with van der Waals surface area (Å²) in [6, 6.07) is 15.5. The predicted octanol–water partition coefficient (Wildman–Crippen LogP) is 6.12. The van der Waals surface area contributed by atoms with Gasteiger partial charge in [-0.2, -0.15) is 0 Å². The lowest BCUT2D eigenvalue weighted by atomic mass is 10.00. The highest BCUT2D eigenvalue weighted by Gasteiger charge is 2.33. The molecule has 1 aromatic heterocycles. The van der Waals surface area contributed by atoms with Crippen molar-refractivity contribution in [3.63, 3.8) is 0 Å². The number of hydrogen-bond acceptors (Lipinski definition) is 4. The number of urea groups is 1. The molecule has 36 heavy (non-hydrogen) atoms. The van der Waals surface area contributed by atoms with E-state index in [0.717, 1.165) is 41.0 Å². The van der Waals surface area contributed by atoms with E-state index in [9.17, 15) is 9.59 Å². The molecule has 3 aromatic rings. The molecule has 1 atom stereocenters. The van der Waals surface area contributed by atoms with Crippen molar-refractivity contribution < 1.29 is 14.3 Å². The van der Waals surface area contributed by atoms with Crippen LogP contribution in [0, 0.1) is 20.8 Å². The molecule has 0 spiro atoms. The summed E-state index contributed by atoms with van der Waals surface area (Å²) in [6.45, 7) is 9.65. The second-order valence-electron chi connectivity index (χ2n) is 9.45. The van der Waals surface area contributed by atoms with E-state index in [1.54, 1.807) is 16.2 Å². The fourth-order valence-corrected chi connectivity index (χ4v) is 5.55. The molecule has 0 saturated carbocycles. The molecular formula is C29H35N3O3S. The summed E-state index contributed by atoms with van der Waals surface area (Å²) in [7, 11) is 0. The number of nitrogens with one attached hydrogen (secondary N) is 1. The van der Waals surface area contributed by atoms with E-state index in [0.29, 0.717) is 19.7 Å². The zero-order chi connectivity index (χ0) is 25.7. The maximum atomic E-state index is 13.6. The van der Waals surface area contributed by atoms with Gasteiger partial charge in [0, 0.05) is 23.7 Å². The summed E-state index contributed by atoms with van der Waals surface area (Å²) in [4.78, 5) is 31.4. The Labute approximate surface area is 217 Å². The van der Waals surface area contributed by atoms with Gasteiger partial charge in [-0.3, -0.25) is 4.79 Å². The molecule has 0 fully saturated rings. The molecule has 2 aromatic carbocycles. The van der Waals surface area contributed by atoms with E-state index in [1.165, 1.54) is 10.4 Å². The van der Waals surface area contributed by atoms with Crippen LogP contribution < -0.4 is 10.1 Å². The molecule has 0 saturated heterocycles. The van der Waals surface area contributed by atoms with Gasteiger partial charge >= 0.3 is 6.03 Å². The second-order valence-corrected chi connectivity index (χ2v) is 10.5. The number of nitrogens with zero attached hydrogens (tertiary/aromatic N) is 2. The van der Waals surface area contributed by atoms with E-state index in [4.69, 9.17) is 4.74 Å². The zero-order valence-electron chi connectivity index (χ0n) is 21.5. The third-order valence-corrected chi connectivity index (χ3v) is 7.55. The molecular weight excluding hydrogens is 470 g/mol.